The number of anilines is 1. The van der Waals surface area contributed by atoms with Crippen molar-refractivity contribution in [1.82, 2.24) is 0 Å². The number of aryl methyl sites for hydroxylation is 3. The monoisotopic (exact) mass is 327 g/mol. The number of benzene rings is 2. The van der Waals surface area contributed by atoms with E-state index in [0.717, 1.165) is 18.5 Å². The van der Waals surface area contributed by atoms with Gasteiger partial charge in [0.25, 0.3) is 0 Å². The maximum absolute atomic E-state index is 14.4. The van der Waals surface area contributed by atoms with E-state index in [1.54, 1.807) is 6.92 Å². The van der Waals surface area contributed by atoms with E-state index in [-0.39, 0.29) is 6.10 Å². The van der Waals surface area contributed by atoms with E-state index in [1.165, 1.54) is 16.7 Å². The summed E-state index contributed by atoms with van der Waals surface area (Å²) in [6, 6.07) is 17.0. The molecule has 2 aromatic carbocycles. The van der Waals surface area contributed by atoms with Gasteiger partial charge in [-0.05, 0) is 56.9 Å². The van der Waals surface area contributed by atoms with Crippen molar-refractivity contribution in [2.75, 3.05) is 11.4 Å². The lowest BCUT2D eigenvalue weighted by molar-refractivity contribution is -0.0614. The summed E-state index contributed by atoms with van der Waals surface area (Å²) in [6.07, 6.45) is 0.595. The van der Waals surface area contributed by atoms with Crippen molar-refractivity contribution in [3.05, 3.63) is 65.2 Å². The predicted octanol–water partition coefficient (Wildman–Crippen LogP) is 4.69. The zero-order valence-electron chi connectivity index (χ0n) is 14.7. The van der Waals surface area contributed by atoms with Crippen LogP contribution in [0.25, 0.3) is 0 Å². The lowest BCUT2D eigenvalue weighted by Gasteiger charge is -2.39. The van der Waals surface area contributed by atoms with Crippen molar-refractivity contribution in [2.24, 2.45) is 0 Å². The maximum Gasteiger partial charge on any atom is 0.198 e. The second-order valence-electron chi connectivity index (χ2n) is 6.83. The zero-order valence-corrected chi connectivity index (χ0v) is 14.7. The van der Waals surface area contributed by atoms with Crippen LogP contribution in [-0.2, 0) is 17.6 Å². The third-order valence-electron chi connectivity index (χ3n) is 4.68. The average Bonchev–Trinajstić information content (AvgIpc) is 2.58. The first-order valence-corrected chi connectivity index (χ1v) is 8.73. The Bertz CT molecular complexity index is 653. The molecule has 1 unspecified atom stereocenters. The SMILES string of the molecule is Cc1ccc(CCc2ccc(N3C[C@H](C)O[C@H](C)C3F)cc2)cc1. The van der Waals surface area contributed by atoms with Crippen LogP contribution in [0.2, 0.25) is 0 Å². The molecule has 0 amide bonds. The van der Waals surface area contributed by atoms with E-state index in [1.807, 2.05) is 24.0 Å². The molecule has 1 saturated heterocycles. The van der Waals surface area contributed by atoms with Gasteiger partial charge >= 0.3 is 0 Å². The number of rotatable bonds is 4. The fourth-order valence-electron chi connectivity index (χ4n) is 3.25. The van der Waals surface area contributed by atoms with Gasteiger partial charge in [-0.15, -0.1) is 0 Å². The van der Waals surface area contributed by atoms with Gasteiger partial charge < -0.3 is 9.64 Å². The van der Waals surface area contributed by atoms with Gasteiger partial charge in [0.1, 0.15) is 6.10 Å². The van der Waals surface area contributed by atoms with Gasteiger partial charge in [0.2, 0.25) is 0 Å². The molecule has 1 heterocycles. The molecule has 0 spiro atoms. The molecule has 0 N–H and O–H groups in total. The fraction of sp³-hybridized carbons (Fsp3) is 0.429. The molecule has 1 aliphatic rings. The first-order chi connectivity index (χ1) is 11.5. The van der Waals surface area contributed by atoms with Gasteiger partial charge in [-0.25, -0.2) is 4.39 Å². The standard InChI is InChI=1S/C21H26FNO/c1-15-4-6-18(7-5-15)8-9-19-10-12-20(13-11-19)23-14-16(2)24-17(3)21(23)22/h4-7,10-13,16-17,21H,8-9,14H2,1-3H3/t16-,17+,21?/m0/s1. The van der Waals surface area contributed by atoms with Crippen LogP contribution in [-0.4, -0.2) is 25.0 Å². The summed E-state index contributed by atoms with van der Waals surface area (Å²) < 4.78 is 20.0. The van der Waals surface area contributed by atoms with Crippen molar-refractivity contribution in [3.8, 4) is 0 Å². The minimum absolute atomic E-state index is 0.0493. The summed E-state index contributed by atoms with van der Waals surface area (Å²) in [5.74, 6) is 0. The molecular formula is C21H26FNO. The summed E-state index contributed by atoms with van der Waals surface area (Å²) in [4.78, 5) is 1.81. The molecule has 3 rings (SSSR count). The lowest BCUT2D eigenvalue weighted by Crippen LogP contribution is -2.51. The maximum atomic E-state index is 14.4. The third-order valence-corrected chi connectivity index (χ3v) is 4.68. The Hall–Kier alpha value is -1.87. The van der Waals surface area contributed by atoms with Crippen LogP contribution >= 0.6 is 0 Å². The van der Waals surface area contributed by atoms with Gasteiger partial charge in [0.05, 0.1) is 6.10 Å². The lowest BCUT2D eigenvalue weighted by atomic mass is 10.0. The number of ether oxygens (including phenoxy) is 1. The van der Waals surface area contributed by atoms with Crippen molar-refractivity contribution in [2.45, 2.75) is 52.1 Å². The Morgan fingerprint density at radius 3 is 2.08 bits per heavy atom. The highest BCUT2D eigenvalue weighted by molar-refractivity contribution is 5.49. The summed E-state index contributed by atoms with van der Waals surface area (Å²) in [5, 5.41) is 0. The molecule has 1 fully saturated rings. The van der Waals surface area contributed by atoms with Crippen LogP contribution < -0.4 is 4.90 Å². The molecule has 3 atom stereocenters. The number of morpholine rings is 1. The molecule has 1 aliphatic heterocycles. The van der Waals surface area contributed by atoms with Crippen molar-refractivity contribution in [3.63, 3.8) is 0 Å². The topological polar surface area (TPSA) is 12.5 Å². The molecule has 24 heavy (non-hydrogen) atoms. The number of hydrogen-bond donors (Lipinski definition) is 0. The third kappa shape index (κ3) is 3.96. The van der Waals surface area contributed by atoms with Gasteiger partial charge in [0.15, 0.2) is 6.30 Å². The molecular weight excluding hydrogens is 301 g/mol. The predicted molar refractivity (Wildman–Crippen MR) is 97.3 cm³/mol. The highest BCUT2D eigenvalue weighted by Gasteiger charge is 2.32. The Labute approximate surface area is 144 Å². The van der Waals surface area contributed by atoms with Crippen LogP contribution in [0, 0.1) is 6.92 Å². The van der Waals surface area contributed by atoms with E-state index in [2.05, 4.69) is 43.3 Å². The van der Waals surface area contributed by atoms with Gasteiger partial charge in [-0.1, -0.05) is 42.0 Å². The second kappa shape index (κ2) is 7.35. The fourth-order valence-corrected chi connectivity index (χ4v) is 3.25. The number of alkyl halides is 1. The molecule has 0 bridgehead atoms. The summed E-state index contributed by atoms with van der Waals surface area (Å²) in [5.41, 5.74) is 4.86. The van der Waals surface area contributed by atoms with Crippen LogP contribution in [0.15, 0.2) is 48.5 Å². The van der Waals surface area contributed by atoms with Crippen molar-refractivity contribution < 1.29 is 9.13 Å². The minimum atomic E-state index is -1.08. The molecule has 3 heteroatoms. The summed E-state index contributed by atoms with van der Waals surface area (Å²) in [7, 11) is 0. The molecule has 0 aliphatic carbocycles. The van der Waals surface area contributed by atoms with E-state index >= 15 is 0 Å². The number of halogens is 1. The van der Waals surface area contributed by atoms with Crippen LogP contribution in [0.3, 0.4) is 0 Å². The normalized spacial score (nSPS) is 24.2. The van der Waals surface area contributed by atoms with E-state index in [4.69, 9.17) is 4.74 Å². The number of nitrogens with zero attached hydrogens (tertiary/aromatic N) is 1. The van der Waals surface area contributed by atoms with Crippen molar-refractivity contribution in [1.29, 1.82) is 0 Å². The molecule has 128 valence electrons. The minimum Gasteiger partial charge on any atom is -0.369 e. The largest absolute Gasteiger partial charge is 0.369 e. The van der Waals surface area contributed by atoms with E-state index in [0.29, 0.717) is 6.54 Å². The van der Waals surface area contributed by atoms with Gasteiger partial charge in [0, 0.05) is 12.2 Å². The average molecular weight is 327 g/mol. The molecule has 2 aromatic rings. The van der Waals surface area contributed by atoms with Crippen molar-refractivity contribution >= 4 is 5.69 Å². The Morgan fingerprint density at radius 1 is 0.958 bits per heavy atom. The van der Waals surface area contributed by atoms with E-state index in [9.17, 15) is 4.39 Å². The molecule has 2 nitrogen and oxygen atoms in total. The molecule has 0 saturated carbocycles. The van der Waals surface area contributed by atoms with Crippen LogP contribution in [0.5, 0.6) is 0 Å². The van der Waals surface area contributed by atoms with E-state index < -0.39 is 12.4 Å². The highest BCUT2D eigenvalue weighted by Crippen LogP contribution is 2.26. The molecule has 0 aromatic heterocycles. The van der Waals surface area contributed by atoms with Gasteiger partial charge in [-0.2, -0.15) is 0 Å². The van der Waals surface area contributed by atoms with Crippen LogP contribution in [0.4, 0.5) is 10.1 Å². The molecule has 0 radical (unpaired) electrons. The second-order valence-corrected chi connectivity index (χ2v) is 6.83. The Morgan fingerprint density at radius 2 is 1.50 bits per heavy atom. The quantitative estimate of drug-likeness (QED) is 0.755. The Balaban J connectivity index is 1.63. The Kier molecular flexibility index (Phi) is 5.20. The first-order valence-electron chi connectivity index (χ1n) is 8.73. The summed E-state index contributed by atoms with van der Waals surface area (Å²) in [6.45, 7) is 6.48. The highest BCUT2D eigenvalue weighted by atomic mass is 19.1. The zero-order chi connectivity index (χ0) is 17.1. The number of hydrogen-bond acceptors (Lipinski definition) is 2. The van der Waals surface area contributed by atoms with Gasteiger partial charge in [-0.3, -0.25) is 0 Å². The smallest absolute Gasteiger partial charge is 0.198 e. The summed E-state index contributed by atoms with van der Waals surface area (Å²) >= 11 is 0. The first kappa shape index (κ1) is 17.0. The van der Waals surface area contributed by atoms with Crippen LogP contribution in [0.1, 0.15) is 30.5 Å².